The molecule has 0 bridgehead atoms. The van der Waals surface area contributed by atoms with Crippen LogP contribution in [-0.2, 0) is 8.98 Å². The molecule has 0 aliphatic heterocycles. The number of Topliss-reactive ketones (excluding diaryl/α,β-unsaturated/α-hetero) is 1. The lowest BCUT2D eigenvalue weighted by atomic mass is 9.44. The Labute approximate surface area is 172 Å². The summed E-state index contributed by atoms with van der Waals surface area (Å²) in [5.74, 6) is 3.85. The van der Waals surface area contributed by atoms with E-state index in [1.54, 1.807) is 0 Å². The quantitative estimate of drug-likeness (QED) is 0.486. The van der Waals surface area contributed by atoms with Crippen molar-refractivity contribution in [1.82, 2.24) is 0 Å². The molecule has 4 saturated carbocycles. The SMILES string of the molecule is CC.CSOC(C)C1CCC2C3CC(=O)C4CCCCC4(C)C3CCC12C. The van der Waals surface area contributed by atoms with Crippen LogP contribution in [0.4, 0.5) is 0 Å². The van der Waals surface area contributed by atoms with Crippen molar-refractivity contribution in [2.45, 2.75) is 98.5 Å². The summed E-state index contributed by atoms with van der Waals surface area (Å²) in [7, 11) is 0. The minimum Gasteiger partial charge on any atom is -0.312 e. The molecule has 0 radical (unpaired) electrons. The van der Waals surface area contributed by atoms with Crippen LogP contribution in [0.5, 0.6) is 0 Å². The average molecular weight is 395 g/mol. The van der Waals surface area contributed by atoms with Gasteiger partial charge < -0.3 is 4.18 Å². The molecule has 0 aromatic carbocycles. The van der Waals surface area contributed by atoms with Gasteiger partial charge in [0.05, 0.1) is 6.10 Å². The van der Waals surface area contributed by atoms with Gasteiger partial charge in [0.1, 0.15) is 5.78 Å². The maximum atomic E-state index is 13.1. The van der Waals surface area contributed by atoms with Crippen LogP contribution in [0.3, 0.4) is 0 Å². The number of hydrogen-bond donors (Lipinski definition) is 0. The van der Waals surface area contributed by atoms with Crippen LogP contribution in [0.1, 0.15) is 92.4 Å². The fraction of sp³-hybridized carbons (Fsp3) is 0.958. The smallest absolute Gasteiger partial charge is 0.136 e. The molecule has 0 spiro atoms. The molecule has 0 aromatic heterocycles. The molecule has 8 unspecified atom stereocenters. The van der Waals surface area contributed by atoms with E-state index in [1.807, 2.05) is 20.1 Å². The maximum Gasteiger partial charge on any atom is 0.136 e. The second-order valence-electron chi connectivity index (χ2n) is 10.0. The summed E-state index contributed by atoms with van der Waals surface area (Å²) in [4.78, 5) is 13.1. The normalized spacial score (nSPS) is 47.2. The lowest BCUT2D eigenvalue weighted by molar-refractivity contribution is -0.154. The zero-order chi connectivity index (χ0) is 19.8. The molecule has 0 saturated heterocycles. The van der Waals surface area contributed by atoms with Crippen molar-refractivity contribution in [1.29, 1.82) is 0 Å². The van der Waals surface area contributed by atoms with Gasteiger partial charge in [-0.05, 0) is 92.0 Å². The summed E-state index contributed by atoms with van der Waals surface area (Å²) >= 11 is 1.52. The van der Waals surface area contributed by atoms with Gasteiger partial charge in [0.15, 0.2) is 0 Å². The Kier molecular flexibility index (Phi) is 6.73. The summed E-state index contributed by atoms with van der Waals surface area (Å²) in [5, 5.41) is 0. The lowest BCUT2D eigenvalue weighted by Gasteiger charge is -2.60. The second kappa shape index (κ2) is 8.38. The first-order valence-electron chi connectivity index (χ1n) is 11.6. The fourth-order valence-corrected chi connectivity index (χ4v) is 8.56. The number of fused-ring (bicyclic) bond motifs is 5. The van der Waals surface area contributed by atoms with E-state index < -0.39 is 0 Å². The Morgan fingerprint density at radius 3 is 2.41 bits per heavy atom. The summed E-state index contributed by atoms with van der Waals surface area (Å²) < 4.78 is 5.95. The first kappa shape index (κ1) is 21.7. The third-order valence-corrected chi connectivity index (χ3v) is 9.75. The summed E-state index contributed by atoms with van der Waals surface area (Å²) in [6.45, 7) is 11.3. The molecule has 3 heteroatoms. The number of ketones is 1. The van der Waals surface area contributed by atoms with Crippen molar-refractivity contribution in [2.24, 2.45) is 40.4 Å². The predicted octanol–water partition coefficient (Wildman–Crippen LogP) is 6.92. The summed E-state index contributed by atoms with van der Waals surface area (Å²) in [5.41, 5.74) is 0.688. The van der Waals surface area contributed by atoms with Crippen molar-refractivity contribution in [3.63, 3.8) is 0 Å². The number of rotatable bonds is 3. The molecule has 0 N–H and O–H groups in total. The van der Waals surface area contributed by atoms with E-state index in [-0.39, 0.29) is 0 Å². The van der Waals surface area contributed by atoms with Crippen molar-refractivity contribution >= 4 is 17.8 Å². The molecule has 8 atom stereocenters. The monoisotopic (exact) mass is 394 g/mol. The standard InChI is InChI=1S/C22H36O2S.C2H6/c1-14(24-25-4)16-8-9-17-15-13-20(23)19-7-5-6-11-21(19,2)18(15)10-12-22(16,17)3;1-2/h14-19H,5-13H2,1-4H3;1-2H3. The van der Waals surface area contributed by atoms with Gasteiger partial charge in [-0.3, -0.25) is 4.79 Å². The van der Waals surface area contributed by atoms with E-state index in [9.17, 15) is 4.79 Å². The fourth-order valence-electron chi connectivity index (χ4n) is 8.13. The van der Waals surface area contributed by atoms with Gasteiger partial charge >= 0.3 is 0 Å². The van der Waals surface area contributed by atoms with Gasteiger partial charge in [-0.15, -0.1) is 0 Å². The number of carbonyl (C=O) groups excluding carboxylic acids is 1. The maximum absolute atomic E-state index is 13.1. The van der Waals surface area contributed by atoms with Gasteiger partial charge in [0.25, 0.3) is 0 Å². The lowest BCUT2D eigenvalue weighted by Crippen LogP contribution is -2.56. The highest BCUT2D eigenvalue weighted by Crippen LogP contribution is 2.67. The number of carbonyl (C=O) groups is 1. The Bertz CT molecular complexity index is 534. The summed E-state index contributed by atoms with van der Waals surface area (Å²) in [6.07, 6.45) is 13.6. The zero-order valence-electron chi connectivity index (χ0n) is 18.6. The van der Waals surface area contributed by atoms with Gasteiger partial charge in [0.2, 0.25) is 0 Å². The minimum atomic E-state index is 0.305. The molecule has 27 heavy (non-hydrogen) atoms. The first-order chi connectivity index (χ1) is 12.9. The molecule has 2 nitrogen and oxygen atoms in total. The molecule has 0 amide bonds. The van der Waals surface area contributed by atoms with Crippen LogP contribution < -0.4 is 0 Å². The van der Waals surface area contributed by atoms with Gasteiger partial charge in [-0.2, -0.15) is 0 Å². The highest BCUT2D eigenvalue weighted by Gasteiger charge is 2.62. The van der Waals surface area contributed by atoms with E-state index in [0.717, 1.165) is 18.3 Å². The molecule has 156 valence electrons. The van der Waals surface area contributed by atoms with E-state index in [4.69, 9.17) is 4.18 Å². The highest BCUT2D eigenvalue weighted by atomic mass is 32.2. The molecular formula is C24H42O2S. The van der Waals surface area contributed by atoms with Crippen molar-refractivity contribution in [3.8, 4) is 0 Å². The third kappa shape index (κ3) is 3.43. The van der Waals surface area contributed by atoms with Crippen molar-refractivity contribution in [3.05, 3.63) is 0 Å². The Morgan fingerprint density at radius 1 is 1.00 bits per heavy atom. The molecule has 0 aromatic rings. The van der Waals surface area contributed by atoms with E-state index in [0.29, 0.717) is 40.5 Å². The zero-order valence-corrected chi connectivity index (χ0v) is 19.4. The van der Waals surface area contributed by atoms with Gasteiger partial charge in [0, 0.05) is 18.6 Å². The Morgan fingerprint density at radius 2 is 1.70 bits per heavy atom. The van der Waals surface area contributed by atoms with Crippen molar-refractivity contribution in [2.75, 3.05) is 6.26 Å². The second-order valence-corrected chi connectivity index (χ2v) is 10.6. The summed E-state index contributed by atoms with van der Waals surface area (Å²) in [6, 6.07) is 0. The largest absolute Gasteiger partial charge is 0.312 e. The minimum absolute atomic E-state index is 0.305. The molecule has 4 aliphatic carbocycles. The third-order valence-electron chi connectivity index (χ3n) is 9.25. The van der Waals surface area contributed by atoms with Crippen LogP contribution in [0, 0.1) is 40.4 Å². The molecule has 4 rings (SSSR count). The topological polar surface area (TPSA) is 26.3 Å². The van der Waals surface area contributed by atoms with Crippen LogP contribution in [0.25, 0.3) is 0 Å². The van der Waals surface area contributed by atoms with Crippen molar-refractivity contribution < 1.29 is 8.98 Å². The molecule has 0 heterocycles. The van der Waals surface area contributed by atoms with Crippen LogP contribution in [0.15, 0.2) is 0 Å². The molecule has 4 aliphatic rings. The van der Waals surface area contributed by atoms with Gasteiger partial charge in [-0.1, -0.05) is 40.5 Å². The van der Waals surface area contributed by atoms with Crippen LogP contribution in [0.2, 0.25) is 0 Å². The molecule has 4 fully saturated rings. The predicted molar refractivity (Wildman–Crippen MR) is 116 cm³/mol. The van der Waals surface area contributed by atoms with E-state index in [1.165, 1.54) is 63.4 Å². The molecular weight excluding hydrogens is 352 g/mol. The number of hydrogen-bond acceptors (Lipinski definition) is 3. The Hall–Kier alpha value is -0.0200. The van der Waals surface area contributed by atoms with Crippen LogP contribution in [-0.4, -0.2) is 18.1 Å². The Balaban J connectivity index is 0.00000102. The van der Waals surface area contributed by atoms with E-state index in [2.05, 4.69) is 20.8 Å². The van der Waals surface area contributed by atoms with Gasteiger partial charge in [-0.25, -0.2) is 0 Å². The van der Waals surface area contributed by atoms with Crippen LogP contribution >= 0.6 is 12.0 Å². The van der Waals surface area contributed by atoms with E-state index >= 15 is 0 Å². The average Bonchev–Trinajstić information content (AvgIpc) is 3.01. The highest BCUT2D eigenvalue weighted by molar-refractivity contribution is 7.93. The first-order valence-corrected chi connectivity index (χ1v) is 12.8.